The molecule has 7 atom stereocenters. The summed E-state index contributed by atoms with van der Waals surface area (Å²) >= 11 is 5.38. The molecule has 0 aromatic carbocycles. The summed E-state index contributed by atoms with van der Waals surface area (Å²) in [6.07, 6.45) is 2.89. The molecule has 38 heavy (non-hydrogen) atoms. The van der Waals surface area contributed by atoms with Crippen molar-refractivity contribution < 1.29 is 29.0 Å². The van der Waals surface area contributed by atoms with Gasteiger partial charge < -0.3 is 24.4 Å². The van der Waals surface area contributed by atoms with Crippen molar-refractivity contribution in [2.45, 2.75) is 60.5 Å². The number of likely N-dealkylation sites (tertiary alicyclic amines) is 1. The van der Waals surface area contributed by atoms with Gasteiger partial charge in [-0.3, -0.25) is 19.3 Å². The van der Waals surface area contributed by atoms with Crippen LogP contribution in [-0.4, -0.2) is 124 Å². The third-order valence-corrected chi connectivity index (χ3v) is 11.5. The highest BCUT2D eigenvalue weighted by Gasteiger charge is 2.76. The van der Waals surface area contributed by atoms with Crippen LogP contribution >= 0.6 is 27.7 Å². The molecular weight excluding hydrogens is 574 g/mol. The number of esters is 1. The van der Waals surface area contributed by atoms with E-state index >= 15 is 0 Å². The first kappa shape index (κ1) is 29.8. The van der Waals surface area contributed by atoms with Gasteiger partial charge in [-0.25, -0.2) is 0 Å². The summed E-state index contributed by atoms with van der Waals surface area (Å²) in [5.41, 5.74) is 0. The first-order chi connectivity index (χ1) is 18.2. The van der Waals surface area contributed by atoms with Gasteiger partial charge in [0.15, 0.2) is 0 Å². The maximum absolute atomic E-state index is 14.5. The van der Waals surface area contributed by atoms with E-state index in [4.69, 9.17) is 9.47 Å². The van der Waals surface area contributed by atoms with Gasteiger partial charge >= 0.3 is 5.97 Å². The van der Waals surface area contributed by atoms with Crippen LogP contribution in [0.3, 0.4) is 0 Å². The molecule has 0 saturated carbocycles. The normalized spacial score (nSPS) is 33.5. The van der Waals surface area contributed by atoms with Crippen molar-refractivity contribution >= 4 is 45.5 Å². The van der Waals surface area contributed by atoms with Gasteiger partial charge in [0.25, 0.3) is 0 Å². The lowest BCUT2D eigenvalue weighted by atomic mass is 9.71. The Kier molecular flexibility index (Phi) is 9.88. The summed E-state index contributed by atoms with van der Waals surface area (Å²) in [6, 6.07) is -1.27. The summed E-state index contributed by atoms with van der Waals surface area (Å²) in [7, 11) is 0. The molecular formula is C27H42BrN3O6S. The van der Waals surface area contributed by atoms with Crippen LogP contribution in [-0.2, 0) is 23.9 Å². The van der Waals surface area contributed by atoms with Gasteiger partial charge in [-0.1, -0.05) is 35.9 Å². The molecule has 2 bridgehead atoms. The van der Waals surface area contributed by atoms with Gasteiger partial charge in [0.2, 0.25) is 11.8 Å². The van der Waals surface area contributed by atoms with Gasteiger partial charge in [-0.2, -0.15) is 0 Å². The maximum Gasteiger partial charge on any atom is 0.310 e. The molecule has 214 valence electrons. The topological polar surface area (TPSA) is 99.6 Å². The van der Waals surface area contributed by atoms with Crippen LogP contribution in [0.2, 0.25) is 0 Å². The van der Waals surface area contributed by atoms with Crippen LogP contribution in [0, 0.1) is 17.8 Å². The molecule has 4 rings (SSSR count). The van der Waals surface area contributed by atoms with E-state index in [1.54, 1.807) is 34.6 Å². The summed E-state index contributed by atoms with van der Waals surface area (Å²) < 4.78 is 10.1. The largest absolute Gasteiger partial charge is 0.466 e. The lowest BCUT2D eigenvalue weighted by Gasteiger charge is -2.40. The molecule has 0 aromatic rings. The number of thioether (sulfide) groups is 1. The average molecular weight is 617 g/mol. The van der Waals surface area contributed by atoms with Gasteiger partial charge in [-0.15, -0.1) is 18.3 Å². The number of carbonyl (C=O) groups excluding carboxylic acids is 3. The molecule has 1 N–H and O–H groups in total. The second kappa shape index (κ2) is 12.6. The monoisotopic (exact) mass is 615 g/mol. The van der Waals surface area contributed by atoms with Crippen LogP contribution < -0.4 is 0 Å². The number of hydrogen-bond acceptors (Lipinski definition) is 8. The third-order valence-electron chi connectivity index (χ3n) is 8.32. The minimum Gasteiger partial charge on any atom is -0.466 e. The minimum absolute atomic E-state index is 0.0138. The van der Waals surface area contributed by atoms with Crippen LogP contribution in [0.1, 0.15) is 33.6 Å². The van der Waals surface area contributed by atoms with Gasteiger partial charge in [0.05, 0.1) is 49.1 Å². The zero-order chi connectivity index (χ0) is 27.6. The molecule has 4 fully saturated rings. The predicted molar refractivity (Wildman–Crippen MR) is 150 cm³/mol. The number of amides is 2. The minimum atomic E-state index is -0.769. The quantitative estimate of drug-likeness (QED) is 0.201. The molecule has 1 spiro atoms. The van der Waals surface area contributed by atoms with E-state index in [0.717, 1.165) is 13.1 Å². The summed E-state index contributed by atoms with van der Waals surface area (Å²) in [4.78, 5) is 47.7. The first-order valence-corrected chi connectivity index (χ1v) is 15.6. The van der Waals surface area contributed by atoms with Crippen molar-refractivity contribution in [3.05, 3.63) is 12.7 Å². The molecule has 4 aliphatic heterocycles. The van der Waals surface area contributed by atoms with E-state index in [2.05, 4.69) is 27.4 Å². The van der Waals surface area contributed by atoms with Crippen molar-refractivity contribution in [2.24, 2.45) is 17.8 Å². The second-order valence-corrected chi connectivity index (χ2v) is 13.9. The molecule has 9 nitrogen and oxygen atoms in total. The first-order valence-electron chi connectivity index (χ1n) is 13.8. The molecule has 4 saturated heterocycles. The number of ether oxygens (including phenoxy) is 2. The molecule has 0 radical (unpaired) electrons. The lowest BCUT2D eigenvalue weighted by Crippen LogP contribution is -2.58. The number of fused-ring (bicyclic) bond motifs is 1. The number of rotatable bonds is 12. The van der Waals surface area contributed by atoms with Crippen LogP contribution in [0.15, 0.2) is 12.7 Å². The van der Waals surface area contributed by atoms with E-state index in [-0.39, 0.29) is 47.0 Å². The van der Waals surface area contributed by atoms with Crippen LogP contribution in [0.4, 0.5) is 0 Å². The fourth-order valence-corrected chi connectivity index (χ4v) is 10.4. The van der Waals surface area contributed by atoms with Crippen molar-refractivity contribution in [3.63, 3.8) is 0 Å². The highest BCUT2D eigenvalue weighted by atomic mass is 79.9. The Morgan fingerprint density at radius 1 is 1.37 bits per heavy atom. The van der Waals surface area contributed by atoms with Gasteiger partial charge in [0.1, 0.15) is 6.04 Å². The van der Waals surface area contributed by atoms with Crippen molar-refractivity contribution in [1.29, 1.82) is 0 Å². The van der Waals surface area contributed by atoms with Crippen molar-refractivity contribution in [1.82, 2.24) is 14.7 Å². The molecule has 2 amide bonds. The van der Waals surface area contributed by atoms with E-state index in [9.17, 15) is 19.5 Å². The lowest BCUT2D eigenvalue weighted by molar-refractivity contribution is -0.154. The fourth-order valence-electron chi connectivity index (χ4n) is 6.78. The van der Waals surface area contributed by atoms with Crippen molar-refractivity contribution in [3.8, 4) is 0 Å². The van der Waals surface area contributed by atoms with Crippen LogP contribution in [0.25, 0.3) is 0 Å². The van der Waals surface area contributed by atoms with Gasteiger partial charge in [0, 0.05) is 42.8 Å². The molecule has 4 aliphatic rings. The Labute approximate surface area is 238 Å². The SMILES string of the molecule is C=CCN(CCN1CCOCC1)C(=O)C1N([C@@H](CO)CC(C)C)C(=O)[C@@H]2[C@H](C(=O)OCC)[C@H]3SC12CC3Br. The highest BCUT2D eigenvalue weighted by molar-refractivity contribution is 9.09. The second-order valence-electron chi connectivity index (χ2n) is 11.2. The Hall–Kier alpha value is -1.14. The molecule has 3 unspecified atom stereocenters. The Balaban J connectivity index is 1.71. The smallest absolute Gasteiger partial charge is 0.310 e. The molecule has 4 heterocycles. The number of halogens is 1. The zero-order valence-electron chi connectivity index (χ0n) is 22.7. The van der Waals surface area contributed by atoms with Gasteiger partial charge in [-0.05, 0) is 25.7 Å². The maximum atomic E-state index is 14.5. The number of hydrogen-bond donors (Lipinski definition) is 1. The van der Waals surface area contributed by atoms with E-state index in [1.165, 1.54) is 0 Å². The number of nitrogens with zero attached hydrogens (tertiary/aromatic N) is 3. The molecule has 11 heteroatoms. The van der Waals surface area contributed by atoms with Crippen molar-refractivity contribution in [2.75, 3.05) is 59.2 Å². The highest BCUT2D eigenvalue weighted by Crippen LogP contribution is 2.68. The number of carbonyl (C=O) groups is 3. The summed E-state index contributed by atoms with van der Waals surface area (Å²) in [5, 5.41) is 10.3. The average Bonchev–Trinajstić information content (AvgIpc) is 3.48. The number of aliphatic hydroxyl groups excluding tert-OH is 1. The Bertz CT molecular complexity index is 902. The Morgan fingerprint density at radius 2 is 2.08 bits per heavy atom. The number of aliphatic hydroxyl groups is 1. The Morgan fingerprint density at radius 3 is 2.68 bits per heavy atom. The fraction of sp³-hybridized carbons (Fsp3) is 0.815. The summed E-state index contributed by atoms with van der Waals surface area (Å²) in [6.45, 7) is 14.3. The number of alkyl halides is 1. The number of morpholine rings is 1. The van der Waals surface area contributed by atoms with E-state index in [0.29, 0.717) is 45.7 Å². The molecule has 0 aliphatic carbocycles. The predicted octanol–water partition coefficient (Wildman–Crippen LogP) is 1.77. The summed E-state index contributed by atoms with van der Waals surface area (Å²) in [5.74, 6) is -1.76. The molecule has 0 aromatic heterocycles. The van der Waals surface area contributed by atoms with Crippen LogP contribution in [0.5, 0.6) is 0 Å². The standard InChI is InChI=1S/C27H42BrN3O6S/c1-5-7-30(9-8-29-10-12-36-13-11-29)25(34)23-27-15-19(28)22(38-27)20(26(35)37-6-2)21(27)24(33)31(23)18(16-32)14-17(3)4/h5,17-23,32H,1,6-16H2,2-4H3/t18-,19?,20+,21+,22+,23?,27?/m1/s1. The zero-order valence-corrected chi connectivity index (χ0v) is 25.1. The third kappa shape index (κ3) is 5.42. The van der Waals surface area contributed by atoms with E-state index < -0.39 is 28.7 Å². The van der Waals surface area contributed by atoms with E-state index in [1.807, 2.05) is 13.8 Å².